The van der Waals surface area contributed by atoms with E-state index < -0.39 is 44.8 Å². The van der Waals surface area contributed by atoms with Gasteiger partial charge in [0.25, 0.3) is 5.91 Å². The number of hydrogen-bond donors (Lipinski definition) is 1. The standard InChI is InChI=1S/C25H34F3N3O5S/c1-15-20(23(33)29-19(13-32)17-6-4-3-5-7-17)24(36-2)30-22(25(26,27)28)21(15)31-11-10-18(12-31)37(34,35)14-16-8-9-16/h13,16-19H,3-12,14H2,1-2H3,(H,29,33). The van der Waals surface area contributed by atoms with Gasteiger partial charge in [0.2, 0.25) is 5.88 Å². The minimum Gasteiger partial charge on any atom is -0.480 e. The molecule has 12 heteroatoms. The molecule has 2 saturated carbocycles. The number of amides is 1. The van der Waals surface area contributed by atoms with E-state index in [-0.39, 0.29) is 53.9 Å². The maximum absolute atomic E-state index is 14.1. The summed E-state index contributed by atoms with van der Waals surface area (Å²) in [4.78, 5) is 30.2. The van der Waals surface area contributed by atoms with Crippen molar-refractivity contribution in [2.75, 3.05) is 30.9 Å². The summed E-state index contributed by atoms with van der Waals surface area (Å²) in [5.74, 6) is -1.08. The van der Waals surface area contributed by atoms with Gasteiger partial charge in [0.05, 0.1) is 29.8 Å². The van der Waals surface area contributed by atoms with E-state index in [0.717, 1.165) is 52.1 Å². The van der Waals surface area contributed by atoms with Crippen LogP contribution in [0.5, 0.6) is 5.88 Å². The fourth-order valence-corrected chi connectivity index (χ4v) is 7.75. The van der Waals surface area contributed by atoms with Crippen molar-refractivity contribution in [3.8, 4) is 5.88 Å². The van der Waals surface area contributed by atoms with Crippen LogP contribution in [-0.2, 0) is 20.8 Å². The molecule has 3 aliphatic rings. The second-order valence-corrected chi connectivity index (χ2v) is 12.8. The van der Waals surface area contributed by atoms with E-state index in [9.17, 15) is 31.2 Å². The van der Waals surface area contributed by atoms with E-state index >= 15 is 0 Å². The summed E-state index contributed by atoms with van der Waals surface area (Å²) in [5.41, 5.74) is -1.73. The number of nitrogens with one attached hydrogen (secondary N) is 1. The third kappa shape index (κ3) is 6.04. The van der Waals surface area contributed by atoms with Gasteiger partial charge in [-0.05, 0) is 56.4 Å². The van der Waals surface area contributed by atoms with Gasteiger partial charge in [-0.3, -0.25) is 4.79 Å². The highest BCUT2D eigenvalue weighted by molar-refractivity contribution is 7.92. The first-order chi connectivity index (χ1) is 17.5. The van der Waals surface area contributed by atoms with E-state index in [1.165, 1.54) is 11.8 Å². The van der Waals surface area contributed by atoms with Crippen LogP contribution in [0.25, 0.3) is 0 Å². The highest BCUT2D eigenvalue weighted by Gasteiger charge is 2.44. The fourth-order valence-electron chi connectivity index (χ4n) is 5.62. The average Bonchev–Trinajstić information content (AvgIpc) is 3.51. The van der Waals surface area contributed by atoms with Crippen molar-refractivity contribution in [1.82, 2.24) is 10.3 Å². The quantitative estimate of drug-likeness (QED) is 0.472. The van der Waals surface area contributed by atoms with E-state index in [1.807, 2.05) is 0 Å². The number of pyridine rings is 1. The van der Waals surface area contributed by atoms with Crippen LogP contribution >= 0.6 is 0 Å². The molecule has 1 amide bonds. The van der Waals surface area contributed by atoms with Crippen molar-refractivity contribution in [3.63, 3.8) is 0 Å². The Hall–Kier alpha value is -2.37. The van der Waals surface area contributed by atoms with Crippen molar-refractivity contribution in [2.24, 2.45) is 11.8 Å². The molecule has 1 N–H and O–H groups in total. The third-order valence-electron chi connectivity index (χ3n) is 7.81. The first-order valence-electron chi connectivity index (χ1n) is 12.8. The van der Waals surface area contributed by atoms with Crippen LogP contribution in [0.4, 0.5) is 18.9 Å². The monoisotopic (exact) mass is 545 g/mol. The van der Waals surface area contributed by atoms with Crippen molar-refractivity contribution < 1.29 is 35.9 Å². The predicted molar refractivity (Wildman–Crippen MR) is 132 cm³/mol. The van der Waals surface area contributed by atoms with E-state index in [0.29, 0.717) is 6.29 Å². The Bertz CT molecular complexity index is 1130. The predicted octanol–water partition coefficient (Wildman–Crippen LogP) is 3.70. The van der Waals surface area contributed by atoms with Crippen molar-refractivity contribution in [2.45, 2.75) is 75.8 Å². The molecule has 1 aliphatic heterocycles. The van der Waals surface area contributed by atoms with Crippen molar-refractivity contribution in [1.29, 1.82) is 0 Å². The number of hydrogen-bond acceptors (Lipinski definition) is 7. The zero-order valence-corrected chi connectivity index (χ0v) is 22.0. The molecule has 3 fully saturated rings. The Labute approximate surface area is 215 Å². The normalized spacial score (nSPS) is 22.1. The van der Waals surface area contributed by atoms with Crippen LogP contribution in [0.2, 0.25) is 0 Å². The number of anilines is 1. The number of aromatic nitrogens is 1. The van der Waals surface area contributed by atoms with E-state index in [2.05, 4.69) is 10.3 Å². The minimum atomic E-state index is -4.86. The lowest BCUT2D eigenvalue weighted by molar-refractivity contribution is -0.140. The third-order valence-corrected chi connectivity index (χ3v) is 10.1. The first-order valence-corrected chi connectivity index (χ1v) is 14.6. The van der Waals surface area contributed by atoms with Crippen molar-refractivity contribution >= 4 is 27.7 Å². The highest BCUT2D eigenvalue weighted by Crippen LogP contribution is 2.43. The van der Waals surface area contributed by atoms with Gasteiger partial charge >= 0.3 is 6.18 Å². The van der Waals surface area contributed by atoms with Crippen LogP contribution < -0.4 is 15.0 Å². The summed E-state index contributed by atoms with van der Waals surface area (Å²) in [6, 6.07) is -0.772. The smallest absolute Gasteiger partial charge is 0.435 e. The Morgan fingerprint density at radius 2 is 1.86 bits per heavy atom. The average molecular weight is 546 g/mol. The fraction of sp³-hybridized carbons (Fsp3) is 0.720. The number of ether oxygens (including phenoxy) is 1. The zero-order chi connectivity index (χ0) is 27.0. The molecule has 0 spiro atoms. The van der Waals surface area contributed by atoms with Gasteiger partial charge in [0.15, 0.2) is 15.5 Å². The summed E-state index contributed by atoms with van der Waals surface area (Å²) in [6.45, 7) is 1.37. The second-order valence-electron chi connectivity index (χ2n) is 10.5. The Balaban J connectivity index is 1.68. The number of rotatable bonds is 9. The van der Waals surface area contributed by atoms with Crippen LogP contribution in [0, 0.1) is 18.8 Å². The Morgan fingerprint density at radius 1 is 1.19 bits per heavy atom. The molecule has 206 valence electrons. The SMILES string of the molecule is COc1nc(C(F)(F)F)c(N2CCC(S(=O)(=O)CC3CC3)C2)c(C)c1C(=O)NC(C=O)C1CCCCC1. The first kappa shape index (κ1) is 27.7. The van der Waals surface area contributed by atoms with Gasteiger partial charge in [-0.1, -0.05) is 19.3 Å². The van der Waals surface area contributed by atoms with Gasteiger partial charge in [-0.15, -0.1) is 0 Å². The van der Waals surface area contributed by atoms with Gasteiger partial charge in [0, 0.05) is 13.1 Å². The van der Waals surface area contributed by atoms with Crippen LogP contribution in [0.1, 0.15) is 73.0 Å². The molecule has 1 aromatic heterocycles. The molecule has 37 heavy (non-hydrogen) atoms. The van der Waals surface area contributed by atoms with Gasteiger partial charge in [-0.25, -0.2) is 13.4 Å². The molecule has 2 heterocycles. The minimum absolute atomic E-state index is 0.00907. The lowest BCUT2D eigenvalue weighted by atomic mass is 9.84. The molecular formula is C25H34F3N3O5S. The van der Waals surface area contributed by atoms with E-state index in [4.69, 9.17) is 4.74 Å². The number of sulfone groups is 1. The molecule has 0 aromatic carbocycles. The number of aldehydes is 1. The summed E-state index contributed by atoms with van der Waals surface area (Å²) in [7, 11) is -2.32. The molecule has 1 saturated heterocycles. The summed E-state index contributed by atoms with van der Waals surface area (Å²) < 4.78 is 73.2. The molecule has 2 aliphatic carbocycles. The molecule has 2 unspecified atom stereocenters. The second kappa shape index (κ2) is 10.8. The summed E-state index contributed by atoms with van der Waals surface area (Å²) >= 11 is 0. The molecule has 8 nitrogen and oxygen atoms in total. The molecular weight excluding hydrogens is 511 g/mol. The molecule has 0 bridgehead atoms. The molecule has 4 rings (SSSR count). The maximum Gasteiger partial charge on any atom is 0.435 e. The topological polar surface area (TPSA) is 106 Å². The van der Waals surface area contributed by atoms with Crippen molar-refractivity contribution in [3.05, 3.63) is 16.8 Å². The van der Waals surface area contributed by atoms with Gasteiger partial charge in [-0.2, -0.15) is 13.2 Å². The summed E-state index contributed by atoms with van der Waals surface area (Å²) in [5, 5.41) is 1.90. The number of halogens is 3. The zero-order valence-electron chi connectivity index (χ0n) is 21.1. The summed E-state index contributed by atoms with van der Waals surface area (Å²) in [6.07, 6.45) is 2.23. The number of methoxy groups -OCH3 is 1. The lowest BCUT2D eigenvalue weighted by Gasteiger charge is -2.29. The Kier molecular flexibility index (Phi) is 8.06. The lowest BCUT2D eigenvalue weighted by Crippen LogP contribution is -2.43. The highest BCUT2D eigenvalue weighted by atomic mass is 32.2. The maximum atomic E-state index is 14.1. The largest absolute Gasteiger partial charge is 0.480 e. The molecule has 1 aromatic rings. The van der Waals surface area contributed by atoms with E-state index in [1.54, 1.807) is 0 Å². The number of alkyl halides is 3. The van der Waals surface area contributed by atoms with Crippen LogP contribution in [-0.4, -0.2) is 62.8 Å². The number of carbonyl (C=O) groups excluding carboxylic acids is 2. The van der Waals surface area contributed by atoms with Gasteiger partial charge < -0.3 is 19.7 Å². The number of carbonyl (C=O) groups is 2. The number of nitrogens with zero attached hydrogens (tertiary/aromatic N) is 2. The molecule has 2 atom stereocenters. The Morgan fingerprint density at radius 3 is 2.43 bits per heavy atom. The van der Waals surface area contributed by atoms with Gasteiger partial charge in [0.1, 0.15) is 11.8 Å². The molecule has 0 radical (unpaired) electrons. The van der Waals surface area contributed by atoms with Crippen LogP contribution in [0.15, 0.2) is 0 Å². The van der Waals surface area contributed by atoms with Crippen LogP contribution in [0.3, 0.4) is 0 Å².